The van der Waals surface area contributed by atoms with E-state index < -0.39 is 0 Å². The zero-order valence-corrected chi connectivity index (χ0v) is 17.9. The van der Waals surface area contributed by atoms with Gasteiger partial charge in [0, 0.05) is 38.3 Å². The van der Waals surface area contributed by atoms with Gasteiger partial charge in [-0.3, -0.25) is 19.9 Å². The Bertz CT molecular complexity index is 808. The van der Waals surface area contributed by atoms with Crippen molar-refractivity contribution in [2.24, 2.45) is 15.0 Å². The summed E-state index contributed by atoms with van der Waals surface area (Å²) in [6, 6.07) is 30.6. The van der Waals surface area contributed by atoms with Crippen molar-refractivity contribution >= 4 is 18.6 Å². The molecule has 0 aromatic heterocycles. The van der Waals surface area contributed by atoms with E-state index in [0.717, 1.165) is 56.0 Å². The van der Waals surface area contributed by atoms with Crippen molar-refractivity contribution in [1.82, 2.24) is 4.90 Å². The highest BCUT2D eigenvalue weighted by molar-refractivity contribution is 5.80. The number of benzene rings is 3. The highest BCUT2D eigenvalue weighted by atomic mass is 15.1. The number of hydrogen-bond acceptors (Lipinski definition) is 4. The molecule has 3 aromatic rings. The largest absolute Gasteiger partial charge is 0.298 e. The van der Waals surface area contributed by atoms with Crippen molar-refractivity contribution in [3.63, 3.8) is 0 Å². The molecule has 4 heteroatoms. The molecule has 0 saturated heterocycles. The van der Waals surface area contributed by atoms with E-state index in [-0.39, 0.29) is 0 Å². The summed E-state index contributed by atoms with van der Waals surface area (Å²) >= 11 is 0. The molecule has 0 atom stereocenters. The SMILES string of the molecule is C(=NCCN(CCN=Cc1ccccc1)CCN=Cc1ccccc1)c1ccccc1. The normalized spacial score (nSPS) is 11.9. The van der Waals surface area contributed by atoms with Crippen LogP contribution < -0.4 is 0 Å². The van der Waals surface area contributed by atoms with Crippen LogP contribution in [0.15, 0.2) is 106 Å². The average molecular weight is 411 g/mol. The third kappa shape index (κ3) is 9.32. The van der Waals surface area contributed by atoms with Crippen molar-refractivity contribution < 1.29 is 0 Å². The van der Waals surface area contributed by atoms with Crippen LogP contribution in [0.5, 0.6) is 0 Å². The van der Waals surface area contributed by atoms with Gasteiger partial charge in [0.15, 0.2) is 0 Å². The molecule has 0 radical (unpaired) electrons. The van der Waals surface area contributed by atoms with Crippen LogP contribution in [0.3, 0.4) is 0 Å². The van der Waals surface area contributed by atoms with E-state index in [2.05, 4.69) is 56.3 Å². The van der Waals surface area contributed by atoms with Crippen LogP contribution in [0.2, 0.25) is 0 Å². The molecule has 0 heterocycles. The van der Waals surface area contributed by atoms with Gasteiger partial charge in [0.2, 0.25) is 0 Å². The molecule has 0 unspecified atom stereocenters. The van der Waals surface area contributed by atoms with Crippen LogP contribution >= 0.6 is 0 Å². The van der Waals surface area contributed by atoms with E-state index in [4.69, 9.17) is 0 Å². The van der Waals surface area contributed by atoms with E-state index in [1.165, 1.54) is 0 Å². The molecule has 0 fully saturated rings. The lowest BCUT2D eigenvalue weighted by atomic mass is 10.2. The number of aliphatic imine (C=N–C) groups is 3. The summed E-state index contributed by atoms with van der Waals surface area (Å²) in [5.41, 5.74) is 3.40. The second kappa shape index (κ2) is 13.8. The molecule has 0 amide bonds. The van der Waals surface area contributed by atoms with Gasteiger partial charge < -0.3 is 0 Å². The van der Waals surface area contributed by atoms with Crippen molar-refractivity contribution in [3.05, 3.63) is 108 Å². The van der Waals surface area contributed by atoms with Gasteiger partial charge in [-0.2, -0.15) is 0 Å². The lowest BCUT2D eigenvalue weighted by molar-refractivity contribution is 0.298. The zero-order valence-electron chi connectivity index (χ0n) is 17.9. The van der Waals surface area contributed by atoms with Gasteiger partial charge in [0.05, 0.1) is 19.6 Å². The summed E-state index contributed by atoms with van der Waals surface area (Å²) in [5, 5.41) is 0. The quantitative estimate of drug-likeness (QED) is 0.401. The van der Waals surface area contributed by atoms with E-state index >= 15 is 0 Å². The van der Waals surface area contributed by atoms with E-state index in [1.54, 1.807) is 0 Å². The van der Waals surface area contributed by atoms with Crippen LogP contribution in [-0.4, -0.2) is 62.8 Å². The Kier molecular flexibility index (Phi) is 9.92. The molecule has 4 nitrogen and oxygen atoms in total. The monoisotopic (exact) mass is 410 g/mol. The van der Waals surface area contributed by atoms with Crippen molar-refractivity contribution in [2.45, 2.75) is 0 Å². The fourth-order valence-corrected chi connectivity index (χ4v) is 3.06. The maximum absolute atomic E-state index is 4.59. The second-order valence-electron chi connectivity index (χ2n) is 7.18. The molecule has 0 N–H and O–H groups in total. The van der Waals surface area contributed by atoms with E-state index in [9.17, 15) is 0 Å². The standard InChI is InChI=1S/C27H30N4/c1-4-10-25(11-5-1)22-28-16-19-31(20-17-29-23-26-12-6-2-7-13-26)21-18-30-24-27-14-8-3-9-15-27/h1-15,22-24H,16-21H2. The predicted octanol–water partition coefficient (Wildman–Crippen LogP) is 4.65. The minimum atomic E-state index is 0.764. The molecule has 0 aliphatic rings. The van der Waals surface area contributed by atoms with Crippen molar-refractivity contribution in [1.29, 1.82) is 0 Å². The lowest BCUT2D eigenvalue weighted by Gasteiger charge is -2.19. The number of hydrogen-bond donors (Lipinski definition) is 0. The summed E-state index contributed by atoms with van der Waals surface area (Å²) in [5.74, 6) is 0. The molecule has 0 aliphatic heterocycles. The smallest absolute Gasteiger partial charge is 0.0517 e. The molecule has 3 aromatic carbocycles. The van der Waals surface area contributed by atoms with Crippen LogP contribution in [0.1, 0.15) is 16.7 Å². The fraction of sp³-hybridized carbons (Fsp3) is 0.222. The summed E-state index contributed by atoms with van der Waals surface area (Å²) in [6.07, 6.45) is 5.83. The third-order valence-corrected chi connectivity index (χ3v) is 4.76. The molecule has 0 saturated carbocycles. The molecule has 3 rings (SSSR count). The first-order valence-electron chi connectivity index (χ1n) is 10.8. The second-order valence-corrected chi connectivity index (χ2v) is 7.18. The zero-order chi connectivity index (χ0) is 21.4. The summed E-state index contributed by atoms with van der Waals surface area (Å²) in [6.45, 7) is 4.97. The molecule has 0 bridgehead atoms. The average Bonchev–Trinajstić information content (AvgIpc) is 2.83. The fourth-order valence-electron chi connectivity index (χ4n) is 3.06. The Hall–Kier alpha value is -3.37. The van der Waals surface area contributed by atoms with Crippen molar-refractivity contribution in [2.75, 3.05) is 39.3 Å². The number of rotatable bonds is 12. The van der Waals surface area contributed by atoms with E-state index in [1.807, 2.05) is 73.2 Å². The molecular formula is C27H30N4. The molecule has 0 spiro atoms. The van der Waals surface area contributed by atoms with Gasteiger partial charge >= 0.3 is 0 Å². The summed E-state index contributed by atoms with van der Waals surface area (Å²) in [7, 11) is 0. The topological polar surface area (TPSA) is 40.3 Å². The minimum absolute atomic E-state index is 0.764. The van der Waals surface area contributed by atoms with Gasteiger partial charge in [-0.1, -0.05) is 91.0 Å². The van der Waals surface area contributed by atoms with Crippen LogP contribution in [0, 0.1) is 0 Å². The van der Waals surface area contributed by atoms with Crippen molar-refractivity contribution in [3.8, 4) is 0 Å². The minimum Gasteiger partial charge on any atom is -0.298 e. The first kappa shape index (κ1) is 22.3. The Morgan fingerprint density at radius 2 is 0.742 bits per heavy atom. The van der Waals surface area contributed by atoms with Crippen LogP contribution in [0.25, 0.3) is 0 Å². The molecular weight excluding hydrogens is 380 g/mol. The Balaban J connectivity index is 1.47. The third-order valence-electron chi connectivity index (χ3n) is 4.76. The van der Waals surface area contributed by atoms with Gasteiger partial charge in [0.25, 0.3) is 0 Å². The van der Waals surface area contributed by atoms with E-state index in [0.29, 0.717) is 0 Å². The lowest BCUT2D eigenvalue weighted by Crippen LogP contribution is -2.31. The predicted molar refractivity (Wildman–Crippen MR) is 133 cm³/mol. The van der Waals surface area contributed by atoms with Crippen LogP contribution in [0.4, 0.5) is 0 Å². The maximum Gasteiger partial charge on any atom is 0.0517 e. The Morgan fingerprint density at radius 1 is 0.452 bits per heavy atom. The first-order valence-corrected chi connectivity index (χ1v) is 10.8. The molecule has 158 valence electrons. The van der Waals surface area contributed by atoms with Gasteiger partial charge in [-0.15, -0.1) is 0 Å². The van der Waals surface area contributed by atoms with Gasteiger partial charge in [-0.05, 0) is 16.7 Å². The molecule has 31 heavy (non-hydrogen) atoms. The Morgan fingerprint density at radius 3 is 1.03 bits per heavy atom. The maximum atomic E-state index is 4.59. The van der Waals surface area contributed by atoms with Gasteiger partial charge in [0.1, 0.15) is 0 Å². The first-order chi connectivity index (χ1) is 15.4. The summed E-state index contributed by atoms with van der Waals surface area (Å²) in [4.78, 5) is 16.2. The molecule has 0 aliphatic carbocycles. The highest BCUT2D eigenvalue weighted by Crippen LogP contribution is 1.98. The number of nitrogens with zero attached hydrogens (tertiary/aromatic N) is 4. The van der Waals surface area contributed by atoms with Gasteiger partial charge in [-0.25, -0.2) is 0 Å². The summed E-state index contributed by atoms with van der Waals surface area (Å²) < 4.78 is 0. The Labute approximate surface area is 185 Å². The highest BCUT2D eigenvalue weighted by Gasteiger charge is 2.03. The van der Waals surface area contributed by atoms with Crippen LogP contribution in [-0.2, 0) is 0 Å².